The molecule has 1 amide bonds. The number of carbonyl (C=O) groups is 1. The molecule has 20 heavy (non-hydrogen) atoms. The maximum absolute atomic E-state index is 12.0. The molecule has 0 spiro atoms. The van der Waals surface area contributed by atoms with Gasteiger partial charge in [0.1, 0.15) is 0 Å². The van der Waals surface area contributed by atoms with E-state index in [1.54, 1.807) is 7.11 Å². The number of methoxy groups -OCH3 is 1. The Hall–Kier alpha value is -1.11. The van der Waals surface area contributed by atoms with Gasteiger partial charge in [0.05, 0.1) is 10.5 Å². The van der Waals surface area contributed by atoms with Crippen LogP contribution in [0.1, 0.15) is 29.6 Å². The van der Waals surface area contributed by atoms with Gasteiger partial charge in [-0.25, -0.2) is 8.42 Å². The van der Waals surface area contributed by atoms with Gasteiger partial charge in [-0.3, -0.25) is 4.79 Å². The summed E-state index contributed by atoms with van der Waals surface area (Å²) in [6, 6.07) is 5.50. The highest BCUT2D eigenvalue weighted by Crippen LogP contribution is 2.34. The average molecular weight is 318 g/mol. The minimum atomic E-state index is -3.76. The van der Waals surface area contributed by atoms with Crippen molar-refractivity contribution >= 4 is 25.6 Å². The van der Waals surface area contributed by atoms with Crippen molar-refractivity contribution in [2.45, 2.75) is 29.8 Å². The highest BCUT2D eigenvalue weighted by atomic mass is 35.7. The lowest BCUT2D eigenvalue weighted by atomic mass is 9.80. The van der Waals surface area contributed by atoms with Crippen LogP contribution >= 0.6 is 10.7 Å². The second-order valence-corrected chi connectivity index (χ2v) is 7.45. The first-order valence-electron chi connectivity index (χ1n) is 6.24. The van der Waals surface area contributed by atoms with Crippen molar-refractivity contribution in [3.63, 3.8) is 0 Å². The maximum atomic E-state index is 12.0. The van der Waals surface area contributed by atoms with Gasteiger partial charge in [-0.2, -0.15) is 0 Å². The largest absolute Gasteiger partial charge is 0.376 e. The van der Waals surface area contributed by atoms with Gasteiger partial charge in [0.25, 0.3) is 15.0 Å². The number of hydrogen-bond donors (Lipinski definition) is 1. The first kappa shape index (κ1) is 15.3. The Labute approximate surface area is 122 Å². The van der Waals surface area contributed by atoms with Crippen molar-refractivity contribution in [3.05, 3.63) is 29.8 Å². The molecule has 5 nitrogen and oxygen atoms in total. The molecule has 0 radical (unpaired) electrons. The van der Waals surface area contributed by atoms with Crippen LogP contribution in [0.3, 0.4) is 0 Å². The number of halogens is 1. The SMILES string of the molecule is COC1(CNC(=O)c2ccc(S(=O)(=O)Cl)cc2)CCC1. The van der Waals surface area contributed by atoms with Gasteiger partial charge in [0, 0.05) is 29.9 Å². The van der Waals surface area contributed by atoms with Crippen molar-refractivity contribution in [1.82, 2.24) is 5.32 Å². The molecule has 0 bridgehead atoms. The van der Waals surface area contributed by atoms with E-state index in [1.165, 1.54) is 24.3 Å². The van der Waals surface area contributed by atoms with Gasteiger partial charge < -0.3 is 10.1 Å². The van der Waals surface area contributed by atoms with Crippen LogP contribution in [0.15, 0.2) is 29.2 Å². The highest BCUT2D eigenvalue weighted by molar-refractivity contribution is 8.13. The van der Waals surface area contributed by atoms with E-state index < -0.39 is 9.05 Å². The molecule has 0 saturated heterocycles. The molecule has 0 heterocycles. The van der Waals surface area contributed by atoms with E-state index in [4.69, 9.17) is 15.4 Å². The van der Waals surface area contributed by atoms with Crippen LogP contribution < -0.4 is 5.32 Å². The monoisotopic (exact) mass is 317 g/mol. The zero-order valence-electron chi connectivity index (χ0n) is 11.1. The molecule has 1 aromatic carbocycles. The number of rotatable bonds is 5. The van der Waals surface area contributed by atoms with Gasteiger partial charge in [0.15, 0.2) is 0 Å². The quantitative estimate of drug-likeness (QED) is 0.842. The van der Waals surface area contributed by atoms with Crippen LogP contribution in [-0.4, -0.2) is 33.6 Å². The number of amides is 1. The summed E-state index contributed by atoms with van der Waals surface area (Å²) >= 11 is 0. The lowest BCUT2D eigenvalue weighted by molar-refractivity contribution is -0.0679. The number of carbonyl (C=O) groups excluding carboxylic acids is 1. The molecule has 1 saturated carbocycles. The third-order valence-corrected chi connectivity index (χ3v) is 5.04. The third-order valence-electron chi connectivity index (χ3n) is 3.67. The summed E-state index contributed by atoms with van der Waals surface area (Å²) in [7, 11) is 3.10. The van der Waals surface area contributed by atoms with E-state index in [2.05, 4.69) is 5.32 Å². The molecule has 1 aliphatic carbocycles. The summed E-state index contributed by atoms with van der Waals surface area (Å²) in [5.41, 5.74) is 0.148. The Kier molecular flexibility index (Phi) is 4.36. The minimum Gasteiger partial charge on any atom is -0.376 e. The summed E-state index contributed by atoms with van der Waals surface area (Å²) in [6.07, 6.45) is 2.98. The fraction of sp³-hybridized carbons (Fsp3) is 0.462. The lowest BCUT2D eigenvalue weighted by Crippen LogP contribution is -2.49. The molecule has 0 aliphatic heterocycles. The molecular weight excluding hydrogens is 302 g/mol. The Morgan fingerprint density at radius 1 is 1.35 bits per heavy atom. The topological polar surface area (TPSA) is 72.5 Å². The number of ether oxygens (including phenoxy) is 1. The van der Waals surface area contributed by atoms with E-state index >= 15 is 0 Å². The van der Waals surface area contributed by atoms with Gasteiger partial charge in [-0.15, -0.1) is 0 Å². The van der Waals surface area contributed by atoms with Crippen LogP contribution in [-0.2, 0) is 13.8 Å². The molecule has 1 fully saturated rings. The second-order valence-electron chi connectivity index (χ2n) is 4.89. The molecule has 0 atom stereocenters. The third kappa shape index (κ3) is 3.31. The van der Waals surface area contributed by atoms with Crippen LogP contribution in [0.25, 0.3) is 0 Å². The van der Waals surface area contributed by atoms with E-state index in [1.807, 2.05) is 0 Å². The van der Waals surface area contributed by atoms with Crippen molar-refractivity contribution in [2.24, 2.45) is 0 Å². The molecular formula is C13H16ClNO4S. The molecule has 110 valence electrons. The Morgan fingerprint density at radius 2 is 1.95 bits per heavy atom. The summed E-state index contributed by atoms with van der Waals surface area (Å²) < 4.78 is 27.6. The smallest absolute Gasteiger partial charge is 0.261 e. The van der Waals surface area contributed by atoms with Crippen LogP contribution in [0.5, 0.6) is 0 Å². The van der Waals surface area contributed by atoms with Crippen LogP contribution in [0.4, 0.5) is 0 Å². The fourth-order valence-corrected chi connectivity index (χ4v) is 2.91. The number of nitrogens with one attached hydrogen (secondary N) is 1. The van der Waals surface area contributed by atoms with Gasteiger partial charge in [0.2, 0.25) is 0 Å². The maximum Gasteiger partial charge on any atom is 0.261 e. The minimum absolute atomic E-state index is 0.0249. The van der Waals surface area contributed by atoms with E-state index in [0.717, 1.165) is 19.3 Å². The molecule has 1 aliphatic rings. The highest BCUT2D eigenvalue weighted by Gasteiger charge is 2.37. The van der Waals surface area contributed by atoms with Crippen molar-refractivity contribution in [2.75, 3.05) is 13.7 Å². The van der Waals surface area contributed by atoms with Crippen LogP contribution in [0.2, 0.25) is 0 Å². The first-order valence-corrected chi connectivity index (χ1v) is 8.55. The summed E-state index contributed by atoms with van der Waals surface area (Å²) in [5, 5.41) is 2.80. The summed E-state index contributed by atoms with van der Waals surface area (Å²) in [5.74, 6) is -0.258. The zero-order valence-corrected chi connectivity index (χ0v) is 12.6. The van der Waals surface area contributed by atoms with Crippen LogP contribution in [0, 0.1) is 0 Å². The van der Waals surface area contributed by atoms with E-state index in [9.17, 15) is 13.2 Å². The predicted octanol–water partition coefficient (Wildman–Crippen LogP) is 1.91. The number of hydrogen-bond acceptors (Lipinski definition) is 4. The van der Waals surface area contributed by atoms with Crippen molar-refractivity contribution < 1.29 is 17.9 Å². The standard InChI is InChI=1S/C13H16ClNO4S/c1-19-13(7-2-8-13)9-15-12(16)10-3-5-11(6-4-10)20(14,17)18/h3-6H,2,7-9H2,1H3,(H,15,16). The molecule has 2 rings (SSSR count). The Bertz CT molecular complexity index is 588. The summed E-state index contributed by atoms with van der Waals surface area (Å²) in [6.45, 7) is 0.456. The fourth-order valence-electron chi connectivity index (χ4n) is 2.14. The lowest BCUT2D eigenvalue weighted by Gasteiger charge is -2.40. The molecule has 0 unspecified atom stereocenters. The van der Waals surface area contributed by atoms with Gasteiger partial charge in [-0.1, -0.05) is 0 Å². The van der Waals surface area contributed by atoms with E-state index in [0.29, 0.717) is 12.1 Å². The first-order chi connectivity index (χ1) is 9.36. The van der Waals surface area contributed by atoms with Gasteiger partial charge in [-0.05, 0) is 43.5 Å². The normalized spacial score (nSPS) is 17.3. The Balaban J connectivity index is 1.99. The second kappa shape index (κ2) is 5.71. The Morgan fingerprint density at radius 3 is 2.35 bits per heavy atom. The molecule has 7 heteroatoms. The van der Waals surface area contributed by atoms with Crippen molar-refractivity contribution in [3.8, 4) is 0 Å². The van der Waals surface area contributed by atoms with E-state index in [-0.39, 0.29) is 16.4 Å². The number of benzene rings is 1. The summed E-state index contributed by atoms with van der Waals surface area (Å²) in [4.78, 5) is 11.9. The van der Waals surface area contributed by atoms with Crippen molar-refractivity contribution in [1.29, 1.82) is 0 Å². The predicted molar refractivity (Wildman–Crippen MR) is 75.4 cm³/mol. The zero-order chi connectivity index (χ0) is 14.8. The molecule has 1 N–H and O–H groups in total. The molecule has 0 aromatic heterocycles. The van der Waals surface area contributed by atoms with Gasteiger partial charge >= 0.3 is 0 Å². The average Bonchev–Trinajstić information content (AvgIpc) is 2.37. The molecule has 1 aromatic rings.